The van der Waals surface area contributed by atoms with Gasteiger partial charge in [0.2, 0.25) is 5.91 Å². The van der Waals surface area contributed by atoms with Gasteiger partial charge in [0.1, 0.15) is 0 Å². The van der Waals surface area contributed by atoms with Crippen molar-refractivity contribution in [2.45, 2.75) is 26.8 Å². The molecule has 0 radical (unpaired) electrons. The molecule has 0 aromatic rings. The van der Waals surface area contributed by atoms with Gasteiger partial charge < -0.3 is 10.7 Å². The van der Waals surface area contributed by atoms with Gasteiger partial charge in [-0.05, 0) is 26.8 Å². The lowest BCUT2D eigenvalue weighted by Gasteiger charge is -2.07. The first kappa shape index (κ1) is 9.88. The Bertz CT molecular complexity index is 183. The van der Waals surface area contributed by atoms with Gasteiger partial charge in [0.15, 0.2) is 0 Å². The number of hydrogen-bond donors (Lipinski definition) is 2. The minimum atomic E-state index is -0.108. The number of amides is 1. The van der Waals surface area contributed by atoms with E-state index in [0.29, 0.717) is 5.57 Å². The third-order valence-electron chi connectivity index (χ3n) is 1.11. The SMILES string of the molecule is C/C(=C\C=N)C(=O)NC(C)C. The molecule has 0 atom stereocenters. The summed E-state index contributed by atoms with van der Waals surface area (Å²) in [5.41, 5.74) is 0.564. The smallest absolute Gasteiger partial charge is 0.247 e. The molecule has 0 bridgehead atoms. The molecule has 62 valence electrons. The van der Waals surface area contributed by atoms with Gasteiger partial charge in [-0.2, -0.15) is 0 Å². The molecule has 0 unspecified atom stereocenters. The Balaban J connectivity index is 4.03. The molecule has 1 amide bonds. The molecule has 3 nitrogen and oxygen atoms in total. The Morgan fingerprint density at radius 3 is 2.45 bits per heavy atom. The highest BCUT2D eigenvalue weighted by Crippen LogP contribution is 1.91. The molecule has 2 N–H and O–H groups in total. The molecular weight excluding hydrogens is 140 g/mol. The molecule has 0 aromatic heterocycles. The highest BCUT2D eigenvalue weighted by molar-refractivity contribution is 5.96. The van der Waals surface area contributed by atoms with Gasteiger partial charge in [-0.15, -0.1) is 0 Å². The maximum atomic E-state index is 11.1. The summed E-state index contributed by atoms with van der Waals surface area (Å²) >= 11 is 0. The van der Waals surface area contributed by atoms with Gasteiger partial charge in [-0.1, -0.05) is 0 Å². The molecule has 0 rings (SSSR count). The van der Waals surface area contributed by atoms with Crippen molar-refractivity contribution >= 4 is 12.1 Å². The van der Waals surface area contributed by atoms with Gasteiger partial charge in [0.05, 0.1) is 0 Å². The highest BCUT2D eigenvalue weighted by Gasteiger charge is 2.03. The van der Waals surface area contributed by atoms with Crippen LogP contribution in [0.2, 0.25) is 0 Å². The van der Waals surface area contributed by atoms with E-state index in [9.17, 15) is 4.79 Å². The van der Waals surface area contributed by atoms with Crippen LogP contribution in [-0.4, -0.2) is 18.2 Å². The number of nitrogens with one attached hydrogen (secondary N) is 2. The van der Waals surface area contributed by atoms with Crippen molar-refractivity contribution in [2.75, 3.05) is 0 Å². The zero-order valence-corrected chi connectivity index (χ0v) is 7.14. The highest BCUT2D eigenvalue weighted by atomic mass is 16.1. The fraction of sp³-hybridized carbons (Fsp3) is 0.500. The average molecular weight is 154 g/mol. The Morgan fingerprint density at radius 2 is 2.09 bits per heavy atom. The Labute approximate surface area is 67.0 Å². The van der Waals surface area contributed by atoms with E-state index in [0.717, 1.165) is 6.21 Å². The first-order chi connectivity index (χ1) is 5.07. The lowest BCUT2D eigenvalue weighted by Crippen LogP contribution is -2.30. The fourth-order valence-corrected chi connectivity index (χ4v) is 0.577. The predicted molar refractivity (Wildman–Crippen MR) is 45.8 cm³/mol. The van der Waals surface area contributed by atoms with Crippen LogP contribution in [0.15, 0.2) is 11.6 Å². The summed E-state index contributed by atoms with van der Waals surface area (Å²) in [7, 11) is 0. The summed E-state index contributed by atoms with van der Waals surface area (Å²) in [6, 6.07) is 0.150. The van der Waals surface area contributed by atoms with E-state index in [4.69, 9.17) is 5.41 Å². The van der Waals surface area contributed by atoms with E-state index in [-0.39, 0.29) is 11.9 Å². The fourth-order valence-electron chi connectivity index (χ4n) is 0.577. The molecule has 11 heavy (non-hydrogen) atoms. The van der Waals surface area contributed by atoms with Crippen molar-refractivity contribution in [2.24, 2.45) is 0 Å². The van der Waals surface area contributed by atoms with Crippen molar-refractivity contribution < 1.29 is 4.79 Å². The van der Waals surface area contributed by atoms with E-state index >= 15 is 0 Å². The Hall–Kier alpha value is -1.12. The second-order valence-electron chi connectivity index (χ2n) is 2.64. The van der Waals surface area contributed by atoms with E-state index in [1.807, 2.05) is 13.8 Å². The minimum absolute atomic E-state index is 0.108. The summed E-state index contributed by atoms with van der Waals surface area (Å²) in [5, 5.41) is 9.44. The van der Waals surface area contributed by atoms with Crippen molar-refractivity contribution in [3.8, 4) is 0 Å². The van der Waals surface area contributed by atoms with Crippen LogP contribution >= 0.6 is 0 Å². The van der Waals surface area contributed by atoms with Crippen molar-refractivity contribution in [1.82, 2.24) is 5.32 Å². The average Bonchev–Trinajstić information content (AvgIpc) is 1.86. The third kappa shape index (κ3) is 4.31. The molecule has 0 aliphatic heterocycles. The maximum Gasteiger partial charge on any atom is 0.247 e. The molecule has 0 saturated heterocycles. The monoisotopic (exact) mass is 154 g/mol. The van der Waals surface area contributed by atoms with Crippen LogP contribution in [0, 0.1) is 5.41 Å². The van der Waals surface area contributed by atoms with Gasteiger partial charge >= 0.3 is 0 Å². The van der Waals surface area contributed by atoms with Crippen LogP contribution in [0.4, 0.5) is 0 Å². The molecule has 0 fully saturated rings. The van der Waals surface area contributed by atoms with Gasteiger partial charge in [0.25, 0.3) is 0 Å². The number of rotatable bonds is 3. The summed E-state index contributed by atoms with van der Waals surface area (Å²) in [4.78, 5) is 11.1. The zero-order valence-electron chi connectivity index (χ0n) is 7.14. The molecule has 0 aliphatic carbocycles. The van der Waals surface area contributed by atoms with Gasteiger partial charge in [-0.25, -0.2) is 0 Å². The summed E-state index contributed by atoms with van der Waals surface area (Å²) in [6.07, 6.45) is 2.58. The van der Waals surface area contributed by atoms with E-state index in [1.165, 1.54) is 6.08 Å². The molecule has 0 aliphatic rings. The minimum Gasteiger partial charge on any atom is -0.350 e. The van der Waals surface area contributed by atoms with Crippen LogP contribution in [0.25, 0.3) is 0 Å². The predicted octanol–water partition coefficient (Wildman–Crippen LogP) is 1.11. The van der Waals surface area contributed by atoms with Crippen LogP contribution in [-0.2, 0) is 4.79 Å². The molecular formula is C8H14N2O. The molecule has 0 spiro atoms. The second kappa shape index (κ2) is 4.66. The van der Waals surface area contributed by atoms with E-state index < -0.39 is 0 Å². The maximum absolute atomic E-state index is 11.1. The van der Waals surface area contributed by atoms with E-state index in [2.05, 4.69) is 5.32 Å². The largest absolute Gasteiger partial charge is 0.350 e. The van der Waals surface area contributed by atoms with Crippen molar-refractivity contribution in [1.29, 1.82) is 5.41 Å². The summed E-state index contributed by atoms with van der Waals surface area (Å²) in [5.74, 6) is -0.108. The summed E-state index contributed by atoms with van der Waals surface area (Å²) in [6.45, 7) is 5.48. The number of allylic oxidation sites excluding steroid dienone is 1. The van der Waals surface area contributed by atoms with Crippen LogP contribution < -0.4 is 5.32 Å². The molecule has 0 aromatic carbocycles. The van der Waals surface area contributed by atoms with Gasteiger partial charge in [-0.3, -0.25) is 4.79 Å². The normalized spacial score (nSPS) is 11.5. The zero-order chi connectivity index (χ0) is 8.85. The number of carbonyl (C=O) groups is 1. The molecule has 0 heterocycles. The first-order valence-corrected chi connectivity index (χ1v) is 3.56. The number of carbonyl (C=O) groups excluding carboxylic acids is 1. The van der Waals surface area contributed by atoms with Gasteiger partial charge in [0, 0.05) is 17.8 Å². The standard InChI is InChI=1S/C8H14N2O/c1-6(2)10-8(11)7(3)4-5-9/h4-6,9H,1-3H3,(H,10,11)/b7-4+,9-5?. The molecule has 3 heteroatoms. The lowest BCUT2D eigenvalue weighted by atomic mass is 10.2. The van der Waals surface area contributed by atoms with Crippen molar-refractivity contribution in [3.05, 3.63) is 11.6 Å². The summed E-state index contributed by atoms with van der Waals surface area (Å²) < 4.78 is 0. The quantitative estimate of drug-likeness (QED) is 0.464. The second-order valence-corrected chi connectivity index (χ2v) is 2.64. The third-order valence-corrected chi connectivity index (χ3v) is 1.11. The Morgan fingerprint density at radius 1 is 1.55 bits per heavy atom. The lowest BCUT2D eigenvalue weighted by molar-refractivity contribution is -0.117. The number of hydrogen-bond acceptors (Lipinski definition) is 2. The van der Waals surface area contributed by atoms with Crippen LogP contribution in [0.5, 0.6) is 0 Å². The van der Waals surface area contributed by atoms with Crippen LogP contribution in [0.1, 0.15) is 20.8 Å². The molecule has 0 saturated carbocycles. The van der Waals surface area contributed by atoms with Crippen molar-refractivity contribution in [3.63, 3.8) is 0 Å². The first-order valence-electron chi connectivity index (χ1n) is 3.56. The topological polar surface area (TPSA) is 53.0 Å². The Kier molecular flexibility index (Phi) is 4.18. The van der Waals surface area contributed by atoms with Crippen LogP contribution in [0.3, 0.4) is 0 Å². The van der Waals surface area contributed by atoms with E-state index in [1.54, 1.807) is 6.92 Å².